The lowest BCUT2D eigenvalue weighted by Gasteiger charge is -2.20. The minimum Gasteiger partial charge on any atom is -0.493 e. The van der Waals surface area contributed by atoms with E-state index in [9.17, 15) is 22.8 Å². The van der Waals surface area contributed by atoms with E-state index in [1.807, 2.05) is 0 Å². The fourth-order valence-electron chi connectivity index (χ4n) is 3.09. The van der Waals surface area contributed by atoms with E-state index < -0.39 is 29.5 Å². The Bertz CT molecular complexity index is 1030. The van der Waals surface area contributed by atoms with Gasteiger partial charge in [-0.3, -0.25) is 14.6 Å². The molecule has 5 nitrogen and oxygen atoms in total. The molecule has 11 heteroatoms. The van der Waals surface area contributed by atoms with Crippen LogP contribution in [0, 0.1) is 0 Å². The molecule has 0 amide bonds. The molecule has 0 atom stereocenters. The first-order valence-electron chi connectivity index (χ1n) is 8.09. The van der Waals surface area contributed by atoms with Crippen LogP contribution in [0.2, 0.25) is 0 Å². The average Bonchev–Trinajstić information content (AvgIpc) is 3.17. The van der Waals surface area contributed by atoms with Crippen molar-refractivity contribution in [1.82, 2.24) is 0 Å². The maximum Gasteiger partial charge on any atom is 0.447 e. The van der Waals surface area contributed by atoms with Crippen LogP contribution in [0.15, 0.2) is 55.3 Å². The van der Waals surface area contributed by atoms with Crippen molar-refractivity contribution in [2.24, 2.45) is 4.99 Å². The highest BCUT2D eigenvalue weighted by Crippen LogP contribution is 2.43. The van der Waals surface area contributed by atoms with Gasteiger partial charge in [-0.2, -0.15) is 13.2 Å². The second-order valence-corrected chi connectivity index (χ2v) is 8.52. The number of nitrogens with zero attached hydrogens (tertiary/aromatic N) is 1. The van der Waals surface area contributed by atoms with Crippen LogP contribution >= 0.6 is 23.1 Å². The van der Waals surface area contributed by atoms with E-state index in [2.05, 4.69) is 4.99 Å². The molecule has 0 spiro atoms. The molecule has 0 unspecified atom stereocenters. The molecule has 0 bridgehead atoms. The van der Waals surface area contributed by atoms with Gasteiger partial charge in [-0.25, -0.2) is 4.39 Å². The van der Waals surface area contributed by atoms with Gasteiger partial charge in [-0.1, -0.05) is 0 Å². The minimum atomic E-state index is -4.49. The van der Waals surface area contributed by atoms with Gasteiger partial charge < -0.3 is 9.84 Å². The number of rotatable bonds is 6. The van der Waals surface area contributed by atoms with E-state index in [4.69, 9.17) is 9.84 Å². The Morgan fingerprint density at radius 2 is 2.03 bits per heavy atom. The molecule has 0 saturated heterocycles. The SMILES string of the molecule is COC1=C(C(=O)c2ccc(SC(F)(F)F)s2)CC2=NC(C)=C(CC(=O)O)C2=C1F. The summed E-state index contributed by atoms with van der Waals surface area (Å²) >= 11 is 0.311. The van der Waals surface area contributed by atoms with Crippen LogP contribution in [0.3, 0.4) is 0 Å². The maximum atomic E-state index is 15.1. The molecule has 1 aliphatic heterocycles. The first kappa shape index (κ1) is 21.3. The number of alkyl halides is 3. The number of carboxylic acids is 1. The summed E-state index contributed by atoms with van der Waals surface area (Å²) < 4.78 is 57.6. The fraction of sp³-hybridized carbons (Fsp3) is 0.278. The first-order chi connectivity index (χ1) is 13.5. The maximum absolute atomic E-state index is 15.1. The summed E-state index contributed by atoms with van der Waals surface area (Å²) in [5.41, 5.74) is -3.84. The summed E-state index contributed by atoms with van der Waals surface area (Å²) in [6, 6.07) is 2.42. The standard InChI is InChI=1S/C18H13F4NO4S2/c1-7-8(6-12(24)25)14-10(23-7)5-9(17(27-2)15(14)19)16(26)11-3-4-13(28-11)29-18(20,21)22/h3-4H,5-6H2,1-2H3,(H,24,25). The van der Waals surface area contributed by atoms with E-state index in [0.29, 0.717) is 17.0 Å². The van der Waals surface area contributed by atoms with Gasteiger partial charge in [-0.05, 0) is 36.4 Å². The quantitative estimate of drug-likeness (QED) is 0.365. The number of hydrogen-bond acceptors (Lipinski definition) is 6. The number of thioether (sulfide) groups is 1. The second-order valence-electron chi connectivity index (χ2n) is 6.07. The summed E-state index contributed by atoms with van der Waals surface area (Å²) in [4.78, 5) is 28.1. The van der Waals surface area contributed by atoms with Gasteiger partial charge in [-0.15, -0.1) is 11.3 Å². The molecule has 1 aliphatic carbocycles. The van der Waals surface area contributed by atoms with Crippen LogP contribution in [0.1, 0.15) is 29.4 Å². The fourth-order valence-corrected chi connectivity index (χ4v) is 4.87. The molecule has 29 heavy (non-hydrogen) atoms. The smallest absolute Gasteiger partial charge is 0.447 e. The van der Waals surface area contributed by atoms with Crippen molar-refractivity contribution in [1.29, 1.82) is 0 Å². The van der Waals surface area contributed by atoms with E-state index in [-0.39, 0.29) is 55.5 Å². The molecule has 1 N–H and O–H groups in total. The van der Waals surface area contributed by atoms with Crippen molar-refractivity contribution < 1.29 is 37.0 Å². The second kappa shape index (κ2) is 7.79. The van der Waals surface area contributed by atoms with Gasteiger partial charge in [0, 0.05) is 17.7 Å². The van der Waals surface area contributed by atoms with E-state index >= 15 is 4.39 Å². The zero-order chi connectivity index (χ0) is 21.5. The number of carbonyl (C=O) groups excluding carboxylic acids is 1. The monoisotopic (exact) mass is 447 g/mol. The molecule has 1 aromatic heterocycles. The van der Waals surface area contributed by atoms with Gasteiger partial charge in [0.2, 0.25) is 5.78 Å². The molecular formula is C18H13F4NO4S2. The van der Waals surface area contributed by atoms with Gasteiger partial charge >= 0.3 is 11.5 Å². The number of hydrogen-bond donors (Lipinski definition) is 1. The molecule has 2 heterocycles. The third-order valence-corrected chi connectivity index (χ3v) is 6.14. The normalized spacial score (nSPS) is 17.0. The van der Waals surface area contributed by atoms with Gasteiger partial charge in [0.1, 0.15) is 0 Å². The summed E-state index contributed by atoms with van der Waals surface area (Å²) in [6.07, 6.45) is -0.560. The topological polar surface area (TPSA) is 76.0 Å². The number of carboxylic acid groups (broad SMARTS) is 1. The molecule has 1 aromatic rings. The Morgan fingerprint density at radius 3 is 2.62 bits per heavy atom. The predicted molar refractivity (Wildman–Crippen MR) is 99.7 cm³/mol. The van der Waals surface area contributed by atoms with Crippen molar-refractivity contribution in [3.8, 4) is 0 Å². The molecule has 0 saturated carbocycles. The Balaban J connectivity index is 1.99. The number of halogens is 4. The largest absolute Gasteiger partial charge is 0.493 e. The Hall–Kier alpha value is -2.40. The highest BCUT2D eigenvalue weighted by Gasteiger charge is 2.37. The molecular weight excluding hydrogens is 434 g/mol. The third-order valence-electron chi connectivity index (χ3n) is 4.19. The summed E-state index contributed by atoms with van der Waals surface area (Å²) in [5.74, 6) is -3.09. The summed E-state index contributed by atoms with van der Waals surface area (Å²) in [6.45, 7) is 1.54. The van der Waals surface area contributed by atoms with Gasteiger partial charge in [0.15, 0.2) is 11.6 Å². The van der Waals surface area contributed by atoms with Crippen molar-refractivity contribution in [2.45, 2.75) is 29.5 Å². The summed E-state index contributed by atoms with van der Waals surface area (Å²) in [5, 5.41) is 9.05. The van der Waals surface area contributed by atoms with Crippen LogP contribution in [-0.2, 0) is 9.53 Å². The number of Topliss-reactive ketones (excluding diaryl/α,β-unsaturated/α-hetero) is 1. The predicted octanol–water partition coefficient (Wildman–Crippen LogP) is 5.27. The number of aliphatic imine (C=N–C) groups is 1. The van der Waals surface area contributed by atoms with E-state index in [1.165, 1.54) is 19.1 Å². The van der Waals surface area contributed by atoms with Crippen LogP contribution in [0.5, 0.6) is 0 Å². The third kappa shape index (κ3) is 4.30. The molecule has 0 fully saturated rings. The number of allylic oxidation sites excluding steroid dienone is 4. The Morgan fingerprint density at radius 1 is 1.34 bits per heavy atom. The highest BCUT2D eigenvalue weighted by atomic mass is 32.2. The number of aliphatic carboxylic acids is 1. The lowest BCUT2D eigenvalue weighted by atomic mass is 9.87. The number of ether oxygens (including phenoxy) is 1. The number of ketones is 1. The first-order valence-corrected chi connectivity index (χ1v) is 9.72. The Labute approximate surface area is 170 Å². The van der Waals surface area contributed by atoms with E-state index in [1.54, 1.807) is 0 Å². The Kier molecular flexibility index (Phi) is 5.72. The summed E-state index contributed by atoms with van der Waals surface area (Å²) in [7, 11) is 1.16. The van der Waals surface area contributed by atoms with Gasteiger partial charge in [0.25, 0.3) is 0 Å². The number of methoxy groups -OCH3 is 1. The molecule has 0 radical (unpaired) electrons. The highest BCUT2D eigenvalue weighted by molar-refractivity contribution is 8.02. The number of fused-ring (bicyclic) bond motifs is 1. The zero-order valence-corrected chi connectivity index (χ0v) is 16.6. The molecule has 154 valence electrons. The number of thiophene rings is 1. The molecule has 3 rings (SSSR count). The van der Waals surface area contributed by atoms with E-state index in [0.717, 1.165) is 7.11 Å². The van der Waals surface area contributed by atoms with Crippen LogP contribution < -0.4 is 0 Å². The minimum absolute atomic E-state index is 0.00204. The van der Waals surface area contributed by atoms with Crippen molar-refractivity contribution in [3.05, 3.63) is 51.0 Å². The van der Waals surface area contributed by atoms with Crippen molar-refractivity contribution in [2.75, 3.05) is 7.11 Å². The van der Waals surface area contributed by atoms with Gasteiger partial charge in [0.05, 0.1) is 33.9 Å². The van der Waals surface area contributed by atoms with Crippen molar-refractivity contribution >= 4 is 40.6 Å². The van der Waals surface area contributed by atoms with Crippen LogP contribution in [-0.4, -0.2) is 35.2 Å². The zero-order valence-electron chi connectivity index (χ0n) is 15.0. The lowest BCUT2D eigenvalue weighted by Crippen LogP contribution is -2.19. The molecule has 2 aliphatic rings. The van der Waals surface area contributed by atoms with Crippen molar-refractivity contribution in [3.63, 3.8) is 0 Å². The van der Waals surface area contributed by atoms with Crippen LogP contribution in [0.25, 0.3) is 0 Å². The number of carbonyl (C=O) groups is 2. The van der Waals surface area contributed by atoms with Crippen LogP contribution in [0.4, 0.5) is 17.6 Å². The lowest BCUT2D eigenvalue weighted by molar-refractivity contribution is -0.136. The average molecular weight is 447 g/mol. The molecule has 0 aromatic carbocycles.